The Morgan fingerprint density at radius 2 is 2.24 bits per heavy atom. The molecule has 1 aromatic carbocycles. The van der Waals surface area contributed by atoms with Crippen LogP contribution in [0.4, 0.5) is 0 Å². The number of carboxylic acids is 1. The van der Waals surface area contributed by atoms with Crippen molar-refractivity contribution in [3.05, 3.63) is 36.0 Å². The second kappa shape index (κ2) is 3.91. The number of rotatable bonds is 4. The van der Waals surface area contributed by atoms with Crippen molar-refractivity contribution in [2.75, 3.05) is 0 Å². The van der Waals surface area contributed by atoms with Crippen molar-refractivity contribution in [1.82, 2.24) is 4.98 Å². The first-order valence-corrected chi connectivity index (χ1v) is 6.03. The van der Waals surface area contributed by atoms with Crippen LogP contribution in [0.2, 0.25) is 0 Å². The summed E-state index contributed by atoms with van der Waals surface area (Å²) >= 11 is 0. The largest absolute Gasteiger partial charge is 0.481 e. The van der Waals surface area contributed by atoms with Gasteiger partial charge in [-0.15, -0.1) is 0 Å². The highest BCUT2D eigenvalue weighted by Gasteiger charge is 2.42. The van der Waals surface area contributed by atoms with E-state index in [0.29, 0.717) is 5.92 Å². The van der Waals surface area contributed by atoms with Gasteiger partial charge < -0.3 is 10.1 Å². The number of aromatic amines is 1. The van der Waals surface area contributed by atoms with Crippen molar-refractivity contribution in [3.63, 3.8) is 0 Å². The first kappa shape index (κ1) is 10.4. The van der Waals surface area contributed by atoms with Crippen LogP contribution < -0.4 is 0 Å². The van der Waals surface area contributed by atoms with Gasteiger partial charge in [0.2, 0.25) is 0 Å². The maximum Gasteiger partial charge on any atom is 0.306 e. The van der Waals surface area contributed by atoms with Crippen molar-refractivity contribution in [2.24, 2.45) is 11.8 Å². The lowest BCUT2D eigenvalue weighted by atomic mass is 10.1. The molecule has 3 rings (SSSR count). The number of hydrogen-bond acceptors (Lipinski definition) is 1. The third-order valence-electron chi connectivity index (χ3n) is 3.70. The Hall–Kier alpha value is -1.77. The van der Waals surface area contributed by atoms with Gasteiger partial charge in [-0.05, 0) is 36.8 Å². The predicted molar refractivity (Wildman–Crippen MR) is 65.9 cm³/mol. The zero-order valence-corrected chi connectivity index (χ0v) is 9.52. The third-order valence-corrected chi connectivity index (χ3v) is 3.70. The highest BCUT2D eigenvalue weighted by molar-refractivity contribution is 5.83. The first-order chi connectivity index (χ1) is 8.25. The quantitative estimate of drug-likeness (QED) is 0.847. The molecule has 0 unspecified atom stereocenters. The van der Waals surface area contributed by atoms with Gasteiger partial charge >= 0.3 is 5.97 Å². The van der Waals surface area contributed by atoms with Gasteiger partial charge in [0, 0.05) is 17.1 Å². The van der Waals surface area contributed by atoms with E-state index in [9.17, 15) is 4.79 Å². The average Bonchev–Trinajstić information content (AvgIpc) is 3.00. The van der Waals surface area contributed by atoms with Crippen LogP contribution in [0.5, 0.6) is 0 Å². The fourth-order valence-electron chi connectivity index (χ4n) is 2.55. The summed E-state index contributed by atoms with van der Waals surface area (Å²) in [5.41, 5.74) is 2.46. The number of carboxylic acid groups (broad SMARTS) is 1. The highest BCUT2D eigenvalue weighted by Crippen LogP contribution is 2.42. The predicted octanol–water partition coefficient (Wildman–Crippen LogP) is 2.82. The summed E-state index contributed by atoms with van der Waals surface area (Å²) in [6, 6.07) is 8.24. The fourth-order valence-corrected chi connectivity index (χ4v) is 2.55. The second-order valence-electron chi connectivity index (χ2n) is 4.84. The maximum absolute atomic E-state index is 10.7. The van der Waals surface area contributed by atoms with Crippen LogP contribution in [-0.4, -0.2) is 16.1 Å². The van der Waals surface area contributed by atoms with Crippen molar-refractivity contribution in [2.45, 2.75) is 19.3 Å². The molecule has 17 heavy (non-hydrogen) atoms. The summed E-state index contributed by atoms with van der Waals surface area (Å²) in [6.07, 6.45) is 4.86. The number of nitrogens with one attached hydrogen (secondary N) is 1. The molecule has 88 valence electrons. The zero-order valence-electron chi connectivity index (χ0n) is 9.52. The van der Waals surface area contributed by atoms with Gasteiger partial charge in [0.25, 0.3) is 0 Å². The van der Waals surface area contributed by atoms with Crippen LogP contribution >= 0.6 is 0 Å². The zero-order chi connectivity index (χ0) is 11.8. The number of hydrogen-bond donors (Lipinski definition) is 2. The van der Waals surface area contributed by atoms with E-state index in [0.717, 1.165) is 24.8 Å². The van der Waals surface area contributed by atoms with E-state index in [2.05, 4.69) is 17.1 Å². The van der Waals surface area contributed by atoms with Crippen LogP contribution in [0.3, 0.4) is 0 Å². The van der Waals surface area contributed by atoms with Crippen molar-refractivity contribution in [1.29, 1.82) is 0 Å². The minimum absolute atomic E-state index is 0.0831. The van der Waals surface area contributed by atoms with Gasteiger partial charge in [0.05, 0.1) is 5.92 Å². The molecule has 1 fully saturated rings. The molecule has 0 amide bonds. The van der Waals surface area contributed by atoms with Gasteiger partial charge in [-0.25, -0.2) is 0 Å². The molecule has 0 bridgehead atoms. The number of H-pyrrole nitrogens is 1. The first-order valence-electron chi connectivity index (χ1n) is 6.03. The fraction of sp³-hybridized carbons (Fsp3) is 0.357. The number of benzene rings is 1. The lowest BCUT2D eigenvalue weighted by Crippen LogP contribution is -2.00. The topological polar surface area (TPSA) is 53.1 Å². The molecule has 3 nitrogen and oxygen atoms in total. The molecule has 2 N–H and O–H groups in total. The molecule has 1 heterocycles. The van der Waals surface area contributed by atoms with Gasteiger partial charge in [-0.2, -0.15) is 0 Å². The number of carbonyl (C=O) groups is 1. The molecule has 3 heteroatoms. The summed E-state index contributed by atoms with van der Waals surface area (Å²) in [7, 11) is 0. The smallest absolute Gasteiger partial charge is 0.306 e. The number of fused-ring (bicyclic) bond motifs is 1. The van der Waals surface area contributed by atoms with E-state index in [1.807, 2.05) is 18.3 Å². The molecule has 0 radical (unpaired) electrons. The van der Waals surface area contributed by atoms with E-state index in [1.165, 1.54) is 10.9 Å². The number of aryl methyl sites for hydroxylation is 1. The average molecular weight is 229 g/mol. The van der Waals surface area contributed by atoms with Crippen LogP contribution in [0, 0.1) is 11.8 Å². The highest BCUT2D eigenvalue weighted by atomic mass is 16.4. The minimum atomic E-state index is -0.631. The van der Waals surface area contributed by atoms with Crippen molar-refractivity contribution >= 4 is 16.9 Å². The molecular weight excluding hydrogens is 214 g/mol. The molecule has 1 aliphatic carbocycles. The van der Waals surface area contributed by atoms with E-state index in [1.54, 1.807) is 0 Å². The summed E-state index contributed by atoms with van der Waals surface area (Å²) in [5.74, 6) is -0.324. The van der Waals surface area contributed by atoms with Crippen LogP contribution in [0.1, 0.15) is 18.4 Å². The standard InChI is InChI=1S/C14H15NO2/c16-14(17)12-7-9(12)5-6-10-8-15-13-4-2-1-3-11(10)13/h1-4,8-9,12,15H,5-7H2,(H,16,17)/t9-,12-/m1/s1. The van der Waals surface area contributed by atoms with E-state index in [-0.39, 0.29) is 5.92 Å². The Morgan fingerprint density at radius 3 is 3.00 bits per heavy atom. The molecule has 0 aliphatic heterocycles. The van der Waals surface area contributed by atoms with Crippen LogP contribution in [0.25, 0.3) is 10.9 Å². The molecular formula is C14H15NO2. The maximum atomic E-state index is 10.7. The molecule has 2 atom stereocenters. The Kier molecular flexibility index (Phi) is 2.39. The molecule has 2 aromatic rings. The number of aromatic nitrogens is 1. The third kappa shape index (κ3) is 1.93. The minimum Gasteiger partial charge on any atom is -0.481 e. The van der Waals surface area contributed by atoms with E-state index >= 15 is 0 Å². The number of para-hydroxylation sites is 1. The van der Waals surface area contributed by atoms with Crippen LogP contribution in [0.15, 0.2) is 30.5 Å². The molecule has 0 saturated heterocycles. The van der Waals surface area contributed by atoms with E-state index < -0.39 is 5.97 Å². The lowest BCUT2D eigenvalue weighted by molar-refractivity contribution is -0.138. The summed E-state index contributed by atoms with van der Waals surface area (Å²) in [6.45, 7) is 0. The summed E-state index contributed by atoms with van der Waals surface area (Å²) < 4.78 is 0. The van der Waals surface area contributed by atoms with Gasteiger partial charge in [-0.1, -0.05) is 18.2 Å². The van der Waals surface area contributed by atoms with Gasteiger partial charge in [0.1, 0.15) is 0 Å². The molecule has 0 spiro atoms. The second-order valence-corrected chi connectivity index (χ2v) is 4.84. The molecule has 1 aliphatic rings. The van der Waals surface area contributed by atoms with Crippen molar-refractivity contribution < 1.29 is 9.90 Å². The SMILES string of the molecule is O=C(O)[C@@H]1C[C@H]1CCc1c[nH]c2ccccc12. The lowest BCUT2D eigenvalue weighted by Gasteiger charge is -1.98. The summed E-state index contributed by atoms with van der Waals surface area (Å²) in [4.78, 5) is 14.0. The normalized spacial score (nSPS) is 22.8. The Labute approximate surface area is 99.5 Å². The van der Waals surface area contributed by atoms with Crippen molar-refractivity contribution in [3.8, 4) is 0 Å². The number of aliphatic carboxylic acids is 1. The van der Waals surface area contributed by atoms with E-state index in [4.69, 9.17) is 5.11 Å². The Bertz CT molecular complexity index is 558. The molecule has 1 saturated carbocycles. The van der Waals surface area contributed by atoms with Crippen LogP contribution in [-0.2, 0) is 11.2 Å². The Morgan fingerprint density at radius 1 is 1.41 bits per heavy atom. The Balaban J connectivity index is 1.68. The van der Waals surface area contributed by atoms with Gasteiger partial charge in [-0.3, -0.25) is 4.79 Å². The monoisotopic (exact) mass is 229 g/mol. The summed E-state index contributed by atoms with van der Waals surface area (Å²) in [5, 5.41) is 10.1. The molecule has 1 aromatic heterocycles. The van der Waals surface area contributed by atoms with Gasteiger partial charge in [0.15, 0.2) is 0 Å².